The normalized spacial score (nSPS) is 11.4. The molecule has 1 aromatic carbocycles. The van der Waals surface area contributed by atoms with Gasteiger partial charge in [0.2, 0.25) is 0 Å². The van der Waals surface area contributed by atoms with Crippen molar-refractivity contribution in [3.63, 3.8) is 0 Å². The van der Waals surface area contributed by atoms with Gasteiger partial charge in [-0.25, -0.2) is 4.68 Å². The number of halogens is 1. The minimum Gasteiger partial charge on any atom is -0.346 e. The molecular weight excluding hydrogens is 336 g/mol. The van der Waals surface area contributed by atoms with E-state index in [0.29, 0.717) is 17.1 Å². The Bertz CT molecular complexity index is 720. The molecule has 2 aromatic rings. The molecule has 0 aliphatic rings. The van der Waals surface area contributed by atoms with Crippen LogP contribution in [-0.2, 0) is 6.42 Å². The van der Waals surface area contributed by atoms with E-state index in [0.717, 1.165) is 30.0 Å². The monoisotopic (exact) mass is 363 g/mol. The van der Waals surface area contributed by atoms with Crippen LogP contribution in [0.25, 0.3) is 5.69 Å². The fourth-order valence-electron chi connectivity index (χ4n) is 2.76. The Morgan fingerprint density at radius 2 is 1.92 bits per heavy atom. The summed E-state index contributed by atoms with van der Waals surface area (Å²) in [6.07, 6.45) is 0.726. The fraction of sp³-hybridized carbons (Fsp3) is 0.474. The molecule has 0 radical (unpaired) electrons. The van der Waals surface area contributed by atoms with Gasteiger partial charge >= 0.3 is 0 Å². The summed E-state index contributed by atoms with van der Waals surface area (Å²) in [7, 11) is 4.14. The van der Waals surface area contributed by atoms with Gasteiger partial charge in [-0.05, 0) is 36.6 Å². The molecule has 0 unspecified atom stereocenters. The van der Waals surface area contributed by atoms with Gasteiger partial charge in [-0.15, -0.1) is 0 Å². The number of carbonyl (C=O) groups is 1. The van der Waals surface area contributed by atoms with Crippen LogP contribution in [0.3, 0.4) is 0 Å². The summed E-state index contributed by atoms with van der Waals surface area (Å²) >= 11 is 6.00. The number of nitrogens with zero attached hydrogens (tertiary/aromatic N) is 2. The van der Waals surface area contributed by atoms with Crippen LogP contribution in [-0.4, -0.2) is 42.9 Å². The summed E-state index contributed by atoms with van der Waals surface area (Å²) in [5.74, 6) is 0.126. The van der Waals surface area contributed by atoms with E-state index in [1.54, 1.807) is 0 Å². The first-order valence-electron chi connectivity index (χ1n) is 8.80. The Morgan fingerprint density at radius 1 is 1.28 bits per heavy atom. The third kappa shape index (κ3) is 4.61. The Kier molecular flexibility index (Phi) is 6.62. The summed E-state index contributed by atoms with van der Waals surface area (Å²) in [6.45, 7) is 7.71. The topological polar surface area (TPSA) is 51.4 Å². The van der Waals surface area contributed by atoms with E-state index in [2.05, 4.69) is 33.3 Å². The number of benzene rings is 1. The zero-order valence-corrected chi connectivity index (χ0v) is 16.4. The molecule has 0 bridgehead atoms. The van der Waals surface area contributed by atoms with Gasteiger partial charge in [0.15, 0.2) is 0 Å². The summed E-state index contributed by atoms with van der Waals surface area (Å²) in [5.41, 5.74) is 3.39. The van der Waals surface area contributed by atoms with Crippen LogP contribution in [0.1, 0.15) is 48.4 Å². The SMILES string of the molecule is CCc1c(C(=O)NCC[NH+](C)C)c(C(C)C)nn1-c1ccc(Cl)cc1. The highest BCUT2D eigenvalue weighted by Gasteiger charge is 2.25. The third-order valence-corrected chi connectivity index (χ3v) is 4.35. The standard InChI is InChI=1S/C19H27ClN4O/c1-6-16-17(19(25)21-11-12-23(4)5)18(13(2)3)22-24(16)15-9-7-14(20)8-10-15/h7-10,13H,6,11-12H2,1-5H3,(H,21,25)/p+1. The predicted octanol–water partition coefficient (Wildman–Crippen LogP) is 2.09. The molecule has 6 heteroatoms. The maximum Gasteiger partial charge on any atom is 0.255 e. The van der Waals surface area contributed by atoms with E-state index in [1.807, 2.05) is 35.9 Å². The van der Waals surface area contributed by atoms with E-state index >= 15 is 0 Å². The van der Waals surface area contributed by atoms with Crippen molar-refractivity contribution in [1.82, 2.24) is 15.1 Å². The lowest BCUT2D eigenvalue weighted by atomic mass is 10.0. The van der Waals surface area contributed by atoms with E-state index in [1.165, 1.54) is 4.90 Å². The molecule has 1 amide bonds. The first kappa shape index (κ1) is 19.5. The Hall–Kier alpha value is -1.85. The number of likely N-dealkylation sites (N-methyl/N-ethyl adjacent to an activating group) is 1. The zero-order valence-electron chi connectivity index (χ0n) is 15.7. The Morgan fingerprint density at radius 3 is 2.44 bits per heavy atom. The average molecular weight is 364 g/mol. The average Bonchev–Trinajstić information content (AvgIpc) is 2.95. The molecule has 0 aliphatic heterocycles. The number of amides is 1. The molecule has 0 aliphatic carbocycles. The lowest BCUT2D eigenvalue weighted by molar-refractivity contribution is -0.856. The smallest absolute Gasteiger partial charge is 0.255 e. The molecule has 1 aromatic heterocycles. The minimum atomic E-state index is -0.0398. The maximum absolute atomic E-state index is 12.8. The second-order valence-corrected chi connectivity index (χ2v) is 7.25. The summed E-state index contributed by atoms with van der Waals surface area (Å²) in [5, 5.41) is 8.47. The van der Waals surface area contributed by atoms with Crippen molar-refractivity contribution in [2.24, 2.45) is 0 Å². The van der Waals surface area contributed by atoms with Crippen molar-refractivity contribution in [3.8, 4) is 5.69 Å². The van der Waals surface area contributed by atoms with Crippen molar-refractivity contribution in [2.75, 3.05) is 27.2 Å². The van der Waals surface area contributed by atoms with Gasteiger partial charge in [0.25, 0.3) is 5.91 Å². The fourth-order valence-corrected chi connectivity index (χ4v) is 2.89. The molecule has 0 spiro atoms. The number of aromatic nitrogens is 2. The van der Waals surface area contributed by atoms with Crippen LogP contribution < -0.4 is 10.2 Å². The predicted molar refractivity (Wildman–Crippen MR) is 102 cm³/mol. The summed E-state index contributed by atoms with van der Waals surface area (Å²) in [4.78, 5) is 14.1. The number of hydrogen-bond donors (Lipinski definition) is 2. The number of nitrogens with one attached hydrogen (secondary N) is 2. The zero-order chi connectivity index (χ0) is 18.6. The minimum absolute atomic E-state index is 0.0398. The molecule has 5 nitrogen and oxygen atoms in total. The summed E-state index contributed by atoms with van der Waals surface area (Å²) in [6, 6.07) is 7.53. The van der Waals surface area contributed by atoms with Crippen molar-refractivity contribution in [2.45, 2.75) is 33.1 Å². The molecule has 0 fully saturated rings. The first-order chi connectivity index (χ1) is 11.8. The van der Waals surface area contributed by atoms with Gasteiger partial charge in [0, 0.05) is 5.02 Å². The van der Waals surface area contributed by atoms with Crippen LogP contribution in [0.4, 0.5) is 0 Å². The van der Waals surface area contributed by atoms with Gasteiger partial charge in [0.1, 0.15) is 0 Å². The van der Waals surface area contributed by atoms with Crippen molar-refractivity contribution in [1.29, 1.82) is 0 Å². The van der Waals surface area contributed by atoms with Crippen molar-refractivity contribution < 1.29 is 9.69 Å². The van der Waals surface area contributed by atoms with Gasteiger partial charge < -0.3 is 10.2 Å². The van der Waals surface area contributed by atoms with Crippen LogP contribution in [0, 0.1) is 0 Å². The lowest BCUT2D eigenvalue weighted by Gasteiger charge is -2.11. The van der Waals surface area contributed by atoms with Gasteiger partial charge in [0.05, 0.1) is 49.8 Å². The van der Waals surface area contributed by atoms with E-state index in [9.17, 15) is 4.79 Å². The Balaban J connectivity index is 2.43. The number of hydrogen-bond acceptors (Lipinski definition) is 2. The second kappa shape index (κ2) is 8.50. The molecule has 2 N–H and O–H groups in total. The first-order valence-corrected chi connectivity index (χ1v) is 9.17. The van der Waals surface area contributed by atoms with Crippen LogP contribution in [0.2, 0.25) is 5.02 Å². The second-order valence-electron chi connectivity index (χ2n) is 6.82. The van der Waals surface area contributed by atoms with E-state index in [4.69, 9.17) is 16.7 Å². The number of rotatable bonds is 7. The Labute approximate surface area is 155 Å². The molecule has 0 atom stereocenters. The van der Waals surface area contributed by atoms with Gasteiger partial charge in [-0.3, -0.25) is 4.79 Å². The molecule has 0 saturated heterocycles. The maximum atomic E-state index is 12.8. The van der Waals surface area contributed by atoms with Crippen molar-refractivity contribution in [3.05, 3.63) is 46.2 Å². The van der Waals surface area contributed by atoms with Crippen molar-refractivity contribution >= 4 is 17.5 Å². The van der Waals surface area contributed by atoms with Crippen LogP contribution >= 0.6 is 11.6 Å². The van der Waals surface area contributed by atoms with Gasteiger partial charge in [-0.2, -0.15) is 5.10 Å². The molecule has 0 saturated carbocycles. The van der Waals surface area contributed by atoms with E-state index < -0.39 is 0 Å². The van der Waals surface area contributed by atoms with E-state index in [-0.39, 0.29) is 11.8 Å². The summed E-state index contributed by atoms with van der Waals surface area (Å²) < 4.78 is 1.87. The van der Waals surface area contributed by atoms with Gasteiger partial charge in [-0.1, -0.05) is 32.4 Å². The largest absolute Gasteiger partial charge is 0.346 e. The number of quaternary nitrogens is 1. The highest BCUT2D eigenvalue weighted by atomic mass is 35.5. The van der Waals surface area contributed by atoms with Crippen LogP contribution in [0.5, 0.6) is 0 Å². The molecule has 1 heterocycles. The number of carbonyl (C=O) groups excluding carboxylic acids is 1. The molecule has 25 heavy (non-hydrogen) atoms. The quantitative estimate of drug-likeness (QED) is 0.791. The third-order valence-electron chi connectivity index (χ3n) is 4.10. The van der Waals surface area contributed by atoms with Crippen LogP contribution in [0.15, 0.2) is 24.3 Å². The lowest BCUT2D eigenvalue weighted by Crippen LogP contribution is -3.06. The highest BCUT2D eigenvalue weighted by molar-refractivity contribution is 6.30. The molecular formula is C19H28ClN4O+. The highest BCUT2D eigenvalue weighted by Crippen LogP contribution is 2.26. The molecule has 2 rings (SSSR count). The molecule has 136 valence electrons.